The second-order valence-electron chi connectivity index (χ2n) is 8.47. The van der Waals surface area contributed by atoms with Crippen molar-refractivity contribution in [2.24, 2.45) is 0 Å². The fourth-order valence-corrected chi connectivity index (χ4v) is 4.89. The standard InChI is InChI=1S/C28H25NO4/c1-3-29(4-2)20-13-12-18-15-23(28(32)33-24(18)16-20)17-8-7-9-19(14-17)25-26(30)21-10-5-6-11-22(21)27(25)31/h5-6,10-16H,3-4,7-9H2,1-2H3. The van der Waals surface area contributed by atoms with Crippen molar-refractivity contribution in [1.29, 1.82) is 0 Å². The van der Waals surface area contributed by atoms with E-state index in [1.807, 2.05) is 30.3 Å². The van der Waals surface area contributed by atoms with Gasteiger partial charge in [0.1, 0.15) is 5.58 Å². The SMILES string of the molecule is CCN(CC)c1ccc2cc(C3=CC(=C4C(=O)c5ccccc5C4=O)CCC3)c(=O)oc2c1. The molecule has 0 N–H and O–H groups in total. The van der Waals surface area contributed by atoms with Crippen molar-refractivity contribution in [2.45, 2.75) is 33.1 Å². The van der Waals surface area contributed by atoms with Crippen LogP contribution >= 0.6 is 0 Å². The monoisotopic (exact) mass is 439 g/mol. The van der Waals surface area contributed by atoms with E-state index in [4.69, 9.17) is 4.42 Å². The molecule has 5 nitrogen and oxygen atoms in total. The zero-order valence-electron chi connectivity index (χ0n) is 18.8. The lowest BCUT2D eigenvalue weighted by Crippen LogP contribution is -2.21. The van der Waals surface area contributed by atoms with Gasteiger partial charge in [0.05, 0.1) is 11.1 Å². The number of hydrogen-bond acceptors (Lipinski definition) is 5. The number of carbonyl (C=O) groups excluding carboxylic acids is 2. The van der Waals surface area contributed by atoms with Crippen molar-refractivity contribution in [3.05, 3.63) is 92.9 Å². The molecule has 0 saturated heterocycles. The summed E-state index contributed by atoms with van der Waals surface area (Å²) in [6, 6.07) is 14.7. The van der Waals surface area contributed by atoms with Gasteiger partial charge in [0, 0.05) is 41.4 Å². The van der Waals surface area contributed by atoms with Crippen LogP contribution in [0, 0.1) is 0 Å². The van der Waals surface area contributed by atoms with Crippen LogP contribution in [0.1, 0.15) is 59.4 Å². The van der Waals surface area contributed by atoms with Gasteiger partial charge in [-0.15, -0.1) is 0 Å². The van der Waals surface area contributed by atoms with Gasteiger partial charge in [0.2, 0.25) is 0 Å². The Balaban J connectivity index is 1.58. The number of rotatable bonds is 4. The number of allylic oxidation sites excluding steroid dienone is 4. The average Bonchev–Trinajstić information content (AvgIpc) is 3.09. The molecule has 0 spiro atoms. The first-order chi connectivity index (χ1) is 16.0. The van der Waals surface area contributed by atoms with Crippen molar-refractivity contribution in [3.8, 4) is 0 Å². The first-order valence-electron chi connectivity index (χ1n) is 11.5. The largest absolute Gasteiger partial charge is 0.422 e. The molecule has 166 valence electrons. The molecular weight excluding hydrogens is 414 g/mol. The van der Waals surface area contributed by atoms with Crippen molar-refractivity contribution in [2.75, 3.05) is 18.0 Å². The topological polar surface area (TPSA) is 67.6 Å². The van der Waals surface area contributed by atoms with E-state index in [1.54, 1.807) is 24.3 Å². The molecule has 0 fully saturated rings. The molecule has 0 radical (unpaired) electrons. The number of ketones is 2. The lowest BCUT2D eigenvalue weighted by Gasteiger charge is -2.21. The molecule has 3 aromatic rings. The number of nitrogens with zero attached hydrogens (tertiary/aromatic N) is 1. The minimum absolute atomic E-state index is 0.224. The third-order valence-corrected chi connectivity index (χ3v) is 6.63. The Hall–Kier alpha value is -3.73. The molecule has 0 unspecified atom stereocenters. The summed E-state index contributed by atoms with van der Waals surface area (Å²) in [4.78, 5) is 41.0. The van der Waals surface area contributed by atoms with Gasteiger partial charge in [-0.05, 0) is 62.5 Å². The van der Waals surface area contributed by atoms with Crippen LogP contribution in [0.2, 0.25) is 0 Å². The Labute approximate surface area is 192 Å². The van der Waals surface area contributed by atoms with Gasteiger partial charge in [-0.25, -0.2) is 4.79 Å². The fourth-order valence-electron chi connectivity index (χ4n) is 4.89. The normalized spacial score (nSPS) is 15.8. The van der Waals surface area contributed by atoms with E-state index in [0.29, 0.717) is 40.7 Å². The van der Waals surface area contributed by atoms with Crippen molar-refractivity contribution >= 4 is 33.8 Å². The number of anilines is 1. The highest BCUT2D eigenvalue weighted by Gasteiger charge is 2.35. The highest BCUT2D eigenvalue weighted by atomic mass is 16.4. The molecule has 2 aliphatic rings. The van der Waals surface area contributed by atoms with Gasteiger partial charge < -0.3 is 9.32 Å². The zero-order chi connectivity index (χ0) is 23.1. The Morgan fingerprint density at radius 3 is 2.21 bits per heavy atom. The molecule has 0 aliphatic heterocycles. The van der Waals surface area contributed by atoms with Crippen molar-refractivity contribution in [3.63, 3.8) is 0 Å². The molecule has 33 heavy (non-hydrogen) atoms. The van der Waals surface area contributed by atoms with Crippen LogP contribution in [-0.2, 0) is 0 Å². The maximum atomic E-state index is 12.9. The summed E-state index contributed by atoms with van der Waals surface area (Å²) >= 11 is 0. The molecule has 1 aromatic heterocycles. The summed E-state index contributed by atoms with van der Waals surface area (Å²) in [5, 5.41) is 0.849. The van der Waals surface area contributed by atoms with Gasteiger partial charge >= 0.3 is 5.63 Å². The third kappa shape index (κ3) is 3.54. The van der Waals surface area contributed by atoms with Crippen LogP contribution in [0.5, 0.6) is 0 Å². The Morgan fingerprint density at radius 2 is 1.55 bits per heavy atom. The van der Waals surface area contributed by atoms with Crippen molar-refractivity contribution < 1.29 is 14.0 Å². The van der Waals surface area contributed by atoms with Crippen LogP contribution in [0.4, 0.5) is 5.69 Å². The first-order valence-corrected chi connectivity index (χ1v) is 11.5. The molecule has 0 atom stereocenters. The molecule has 1 heterocycles. The minimum Gasteiger partial charge on any atom is -0.422 e. The maximum Gasteiger partial charge on any atom is 0.343 e. The highest BCUT2D eigenvalue weighted by Crippen LogP contribution is 2.36. The second kappa shape index (κ2) is 8.32. The van der Waals surface area contributed by atoms with Gasteiger partial charge in [0.15, 0.2) is 11.6 Å². The minimum atomic E-state index is -0.399. The number of fused-ring (bicyclic) bond motifs is 2. The summed E-state index contributed by atoms with van der Waals surface area (Å²) in [5.41, 5.74) is 4.34. The van der Waals surface area contributed by atoms with Gasteiger partial charge in [-0.2, -0.15) is 0 Å². The quantitative estimate of drug-likeness (QED) is 0.301. The Kier molecular flexibility index (Phi) is 5.33. The fraction of sp³-hybridized carbons (Fsp3) is 0.250. The van der Waals surface area contributed by atoms with E-state index in [2.05, 4.69) is 18.7 Å². The predicted octanol–water partition coefficient (Wildman–Crippen LogP) is 5.58. The van der Waals surface area contributed by atoms with E-state index >= 15 is 0 Å². The lowest BCUT2D eigenvalue weighted by atomic mass is 9.87. The number of carbonyl (C=O) groups is 2. The highest BCUT2D eigenvalue weighted by molar-refractivity contribution is 6.40. The van der Waals surface area contributed by atoms with Gasteiger partial charge in [-0.1, -0.05) is 30.3 Å². The lowest BCUT2D eigenvalue weighted by molar-refractivity contribution is 0.0987. The van der Waals surface area contributed by atoms with E-state index in [0.717, 1.165) is 36.2 Å². The van der Waals surface area contributed by atoms with E-state index in [1.165, 1.54) is 0 Å². The number of Topliss-reactive ketones (excluding diaryl/α,β-unsaturated/α-hetero) is 2. The molecule has 5 rings (SSSR count). The Bertz CT molecular complexity index is 1380. The van der Waals surface area contributed by atoms with Gasteiger partial charge in [-0.3, -0.25) is 9.59 Å². The summed E-state index contributed by atoms with van der Waals surface area (Å²) in [7, 11) is 0. The molecular formula is C28H25NO4. The first kappa shape index (κ1) is 21.1. The Morgan fingerprint density at radius 1 is 0.848 bits per heavy atom. The molecule has 0 amide bonds. The molecule has 0 saturated carbocycles. The van der Waals surface area contributed by atoms with Crippen LogP contribution in [-0.4, -0.2) is 24.7 Å². The van der Waals surface area contributed by atoms with E-state index in [9.17, 15) is 14.4 Å². The molecule has 2 aromatic carbocycles. The summed E-state index contributed by atoms with van der Waals surface area (Å²) in [6.07, 6.45) is 3.94. The predicted molar refractivity (Wildman–Crippen MR) is 130 cm³/mol. The maximum absolute atomic E-state index is 12.9. The average molecular weight is 440 g/mol. The third-order valence-electron chi connectivity index (χ3n) is 6.63. The van der Waals surface area contributed by atoms with Crippen LogP contribution in [0.25, 0.3) is 16.5 Å². The number of hydrogen-bond donors (Lipinski definition) is 0. The van der Waals surface area contributed by atoms with E-state index in [-0.39, 0.29) is 17.1 Å². The summed E-state index contributed by atoms with van der Waals surface area (Å²) < 4.78 is 5.71. The van der Waals surface area contributed by atoms with Crippen LogP contribution in [0.15, 0.2) is 75.0 Å². The summed E-state index contributed by atoms with van der Waals surface area (Å²) in [6.45, 7) is 5.92. The zero-order valence-corrected chi connectivity index (χ0v) is 18.8. The van der Waals surface area contributed by atoms with Gasteiger partial charge in [0.25, 0.3) is 0 Å². The van der Waals surface area contributed by atoms with E-state index < -0.39 is 5.63 Å². The smallest absolute Gasteiger partial charge is 0.343 e. The second-order valence-corrected chi connectivity index (χ2v) is 8.47. The number of benzene rings is 2. The summed E-state index contributed by atoms with van der Waals surface area (Å²) in [5.74, 6) is -0.449. The molecule has 5 heteroatoms. The van der Waals surface area contributed by atoms with Crippen LogP contribution in [0.3, 0.4) is 0 Å². The molecule has 2 aliphatic carbocycles. The van der Waals surface area contributed by atoms with Crippen LogP contribution < -0.4 is 10.5 Å². The van der Waals surface area contributed by atoms with Crippen molar-refractivity contribution in [1.82, 2.24) is 0 Å². The molecule has 0 bridgehead atoms.